The number of hydrazone groups is 1. The molecule has 5 nitrogen and oxygen atoms in total. The Morgan fingerprint density at radius 1 is 1.14 bits per heavy atom. The minimum absolute atomic E-state index is 0.157. The van der Waals surface area contributed by atoms with E-state index in [4.69, 9.17) is 4.74 Å². The second-order valence-electron chi connectivity index (χ2n) is 4.18. The van der Waals surface area contributed by atoms with Crippen LogP contribution < -0.4 is 9.57 Å². The van der Waals surface area contributed by atoms with E-state index >= 15 is 0 Å². The van der Waals surface area contributed by atoms with Gasteiger partial charge in [0.15, 0.2) is 0 Å². The summed E-state index contributed by atoms with van der Waals surface area (Å²) in [4.78, 5) is 2.33. The average Bonchev–Trinajstić information content (AvgIpc) is 2.48. The maximum Gasteiger partial charge on any atom is 0.276 e. The first kappa shape index (κ1) is 17.0. The first-order chi connectivity index (χ1) is 10.4. The number of methoxy groups -OCH3 is 1. The Morgan fingerprint density at radius 2 is 1.73 bits per heavy atom. The minimum Gasteiger partial charge on any atom is -0.494 e. The van der Waals surface area contributed by atoms with Crippen molar-refractivity contribution in [3.8, 4) is 5.75 Å². The number of ether oxygens (including phenoxy) is 1. The van der Waals surface area contributed by atoms with E-state index in [1.807, 2.05) is 0 Å². The summed E-state index contributed by atoms with van der Waals surface area (Å²) < 4.78 is 30.7. The highest BCUT2D eigenvalue weighted by Gasteiger charge is 2.11. The second-order valence-corrected chi connectivity index (χ2v) is 7.55. The molecule has 0 saturated heterocycles. The van der Waals surface area contributed by atoms with Crippen molar-refractivity contribution in [3.05, 3.63) is 57.0 Å². The minimum atomic E-state index is -3.66. The molecule has 0 heterocycles. The predicted octanol–water partition coefficient (Wildman–Crippen LogP) is 3.53. The number of rotatable bonds is 5. The van der Waals surface area contributed by atoms with Gasteiger partial charge in [0.05, 0.1) is 27.2 Å². The number of nitrogens with zero attached hydrogens (tertiary/aromatic N) is 1. The van der Waals surface area contributed by atoms with Gasteiger partial charge in [0.1, 0.15) is 5.75 Å². The molecular weight excluding hydrogens is 436 g/mol. The first-order valence-electron chi connectivity index (χ1n) is 6.07. The van der Waals surface area contributed by atoms with E-state index < -0.39 is 10.0 Å². The number of benzene rings is 2. The SMILES string of the molecule is COc1c(Br)cc(/C=N\NS(=O)(=O)c2ccccc2)cc1Br. The van der Waals surface area contributed by atoms with Crippen molar-refractivity contribution < 1.29 is 13.2 Å². The molecule has 0 radical (unpaired) electrons. The van der Waals surface area contributed by atoms with Crippen LogP contribution in [0.5, 0.6) is 5.75 Å². The topological polar surface area (TPSA) is 67.8 Å². The van der Waals surface area contributed by atoms with E-state index in [1.165, 1.54) is 18.3 Å². The molecular formula is C14H12Br2N2O3S. The normalized spacial score (nSPS) is 11.6. The third-order valence-electron chi connectivity index (χ3n) is 2.66. The Bertz CT molecular complexity index is 770. The van der Waals surface area contributed by atoms with E-state index in [2.05, 4.69) is 41.8 Å². The van der Waals surface area contributed by atoms with Gasteiger partial charge >= 0.3 is 0 Å². The van der Waals surface area contributed by atoms with E-state index in [-0.39, 0.29) is 4.90 Å². The lowest BCUT2D eigenvalue weighted by molar-refractivity contribution is 0.409. The summed E-state index contributed by atoms with van der Waals surface area (Å²) in [6.07, 6.45) is 1.41. The molecule has 2 aromatic rings. The molecule has 2 aromatic carbocycles. The van der Waals surface area contributed by atoms with Crippen LogP contribution in [0.2, 0.25) is 0 Å². The third kappa shape index (κ3) is 4.08. The van der Waals surface area contributed by atoms with E-state index in [9.17, 15) is 8.42 Å². The molecule has 0 unspecified atom stereocenters. The van der Waals surface area contributed by atoms with E-state index in [0.717, 1.165) is 8.95 Å². The maximum absolute atomic E-state index is 12.0. The molecule has 1 N–H and O–H groups in total. The van der Waals surface area contributed by atoms with Gasteiger partial charge < -0.3 is 4.74 Å². The lowest BCUT2D eigenvalue weighted by atomic mass is 10.2. The van der Waals surface area contributed by atoms with Crippen LogP contribution >= 0.6 is 31.9 Å². The van der Waals surface area contributed by atoms with Gasteiger partial charge in [-0.1, -0.05) is 18.2 Å². The monoisotopic (exact) mass is 446 g/mol. The molecule has 0 saturated carbocycles. The predicted molar refractivity (Wildman–Crippen MR) is 92.8 cm³/mol. The van der Waals surface area contributed by atoms with E-state index in [0.29, 0.717) is 11.3 Å². The lowest BCUT2D eigenvalue weighted by Crippen LogP contribution is -2.18. The van der Waals surface area contributed by atoms with Gasteiger partial charge in [0.2, 0.25) is 0 Å². The van der Waals surface area contributed by atoms with Crippen LogP contribution in [0.1, 0.15) is 5.56 Å². The number of sulfonamides is 1. The highest BCUT2D eigenvalue weighted by Crippen LogP contribution is 2.33. The van der Waals surface area contributed by atoms with Gasteiger partial charge in [-0.25, -0.2) is 4.83 Å². The molecule has 0 aromatic heterocycles. The summed E-state index contributed by atoms with van der Waals surface area (Å²) in [5.41, 5.74) is 0.704. The Hall–Kier alpha value is -1.38. The van der Waals surface area contributed by atoms with Gasteiger partial charge in [-0.05, 0) is 61.7 Å². The van der Waals surface area contributed by atoms with Crippen LogP contribution in [-0.2, 0) is 10.0 Å². The maximum atomic E-state index is 12.0. The van der Waals surface area contributed by atoms with Gasteiger partial charge in [-0.15, -0.1) is 0 Å². The molecule has 0 aliphatic heterocycles. The molecule has 0 amide bonds. The standard InChI is InChI=1S/C14H12Br2N2O3S/c1-21-14-12(15)7-10(8-13(14)16)9-17-18-22(19,20)11-5-3-2-4-6-11/h2-9,18H,1H3/b17-9-. The zero-order chi connectivity index (χ0) is 16.2. The molecule has 0 fully saturated rings. The molecule has 116 valence electrons. The van der Waals surface area contributed by atoms with Crippen LogP contribution in [0.15, 0.2) is 61.4 Å². The summed E-state index contributed by atoms with van der Waals surface area (Å²) >= 11 is 6.74. The Kier molecular flexibility index (Phi) is 5.60. The third-order valence-corrected chi connectivity index (χ3v) is 5.08. The molecule has 0 aliphatic rings. The van der Waals surface area contributed by atoms with Crippen LogP contribution in [-0.4, -0.2) is 21.7 Å². The number of nitrogens with one attached hydrogen (secondary N) is 1. The fourth-order valence-corrected chi connectivity index (χ4v) is 4.03. The first-order valence-corrected chi connectivity index (χ1v) is 9.14. The second kappa shape index (κ2) is 7.26. The zero-order valence-corrected chi connectivity index (χ0v) is 15.4. The molecule has 0 atom stereocenters. The highest BCUT2D eigenvalue weighted by atomic mass is 79.9. The highest BCUT2D eigenvalue weighted by molar-refractivity contribution is 9.11. The van der Waals surface area contributed by atoms with Crippen molar-refractivity contribution in [1.82, 2.24) is 4.83 Å². The molecule has 22 heavy (non-hydrogen) atoms. The van der Waals surface area contributed by atoms with Crippen LogP contribution in [0.3, 0.4) is 0 Å². The van der Waals surface area contributed by atoms with Crippen molar-refractivity contribution in [2.75, 3.05) is 7.11 Å². The molecule has 0 bridgehead atoms. The fraction of sp³-hybridized carbons (Fsp3) is 0.0714. The number of halogens is 2. The summed E-state index contributed by atoms with van der Waals surface area (Å²) in [5, 5.41) is 3.78. The number of hydrogen-bond acceptors (Lipinski definition) is 4. The van der Waals surface area contributed by atoms with Gasteiger partial charge in [-0.3, -0.25) is 0 Å². The Balaban J connectivity index is 2.17. The van der Waals surface area contributed by atoms with Gasteiger partial charge in [-0.2, -0.15) is 13.5 Å². The van der Waals surface area contributed by atoms with Crippen molar-refractivity contribution in [3.63, 3.8) is 0 Å². The lowest BCUT2D eigenvalue weighted by Gasteiger charge is -2.07. The van der Waals surface area contributed by atoms with Crippen molar-refractivity contribution in [2.45, 2.75) is 4.90 Å². The quantitative estimate of drug-likeness (QED) is 0.563. The summed E-state index contributed by atoms with van der Waals surface area (Å²) in [5.74, 6) is 0.655. The fourth-order valence-electron chi connectivity index (χ4n) is 1.67. The van der Waals surface area contributed by atoms with Gasteiger partial charge in [0.25, 0.3) is 10.0 Å². The van der Waals surface area contributed by atoms with Crippen molar-refractivity contribution in [1.29, 1.82) is 0 Å². The van der Waals surface area contributed by atoms with Crippen molar-refractivity contribution >= 4 is 48.1 Å². The van der Waals surface area contributed by atoms with E-state index in [1.54, 1.807) is 37.4 Å². The average molecular weight is 448 g/mol. The molecule has 0 aliphatic carbocycles. The molecule has 8 heteroatoms. The summed E-state index contributed by atoms with van der Waals surface area (Å²) in [6, 6.07) is 11.6. The Labute approximate surface area is 145 Å². The van der Waals surface area contributed by atoms with Crippen LogP contribution in [0.25, 0.3) is 0 Å². The zero-order valence-electron chi connectivity index (χ0n) is 11.5. The van der Waals surface area contributed by atoms with Crippen molar-refractivity contribution in [2.24, 2.45) is 5.10 Å². The molecule has 0 spiro atoms. The van der Waals surface area contributed by atoms with Crippen LogP contribution in [0.4, 0.5) is 0 Å². The summed E-state index contributed by atoms with van der Waals surface area (Å²) in [6.45, 7) is 0. The largest absolute Gasteiger partial charge is 0.494 e. The van der Waals surface area contributed by atoms with Crippen LogP contribution in [0, 0.1) is 0 Å². The smallest absolute Gasteiger partial charge is 0.276 e. The number of hydrogen-bond donors (Lipinski definition) is 1. The molecule has 2 rings (SSSR count). The summed E-state index contributed by atoms with van der Waals surface area (Å²) in [7, 11) is -2.10. The Morgan fingerprint density at radius 3 is 2.27 bits per heavy atom. The van der Waals surface area contributed by atoms with Gasteiger partial charge in [0, 0.05) is 0 Å².